The van der Waals surface area contributed by atoms with Crippen molar-refractivity contribution in [3.8, 4) is 0 Å². The lowest BCUT2D eigenvalue weighted by atomic mass is 9.92. The molecular weight excluding hydrogens is 1010 g/mol. The van der Waals surface area contributed by atoms with Gasteiger partial charge in [-0.3, -0.25) is 38.4 Å². The first-order valence-corrected chi connectivity index (χ1v) is 26.8. The number of cyclic esters (lactones) is 1. The first-order valence-electron chi connectivity index (χ1n) is 26.8. The standard InChI is InChI=1S/C55H82N8O15/c1-11-13-25-56-29-55(75)24-23-41(65)57-27-42(66)76-28-39-54(74)77-34(8)45(61-48(68)32(6)47(67)30(3)4)52(72)59-43(31(5)12-2)50(70)62-46(37-19-21-38(22-20-37)78-35(55)9)53(73)63(10)40(26-36-17-15-14-16-18-36)49(69)60-44(33(7)64)51(71)58-39/h14-19,21,23-24,30-35,39-40,43-47,56,64,67,75H,11-13,20,22,25-29H2,1-10H3,(H,57,65)(H,58,71)(H,59,72)(H,60,69)(H,61,68)(H,62,70)/b24-23+/t31-,32+,33+,34+,35+,39-,40-,43+,44+,45-,46-,47+,55-/m0/s1. The van der Waals surface area contributed by atoms with Crippen LogP contribution in [-0.4, -0.2) is 173 Å². The lowest BCUT2D eigenvalue weighted by molar-refractivity contribution is -0.160. The number of hydrogen-bond donors (Lipinski definition) is 10. The molecule has 0 radical (unpaired) electrons. The second-order valence-electron chi connectivity index (χ2n) is 20.8. The third kappa shape index (κ3) is 17.9. The Morgan fingerprint density at radius 1 is 0.846 bits per heavy atom. The van der Waals surface area contributed by atoms with Gasteiger partial charge in [0.25, 0.3) is 0 Å². The minimum absolute atomic E-state index is 0.0554. The maximum Gasteiger partial charge on any atom is 0.332 e. The number of aliphatic hydroxyl groups excluding tert-OH is 2. The molecule has 13 atom stereocenters. The summed E-state index contributed by atoms with van der Waals surface area (Å²) >= 11 is 0. The van der Waals surface area contributed by atoms with Gasteiger partial charge in [0, 0.05) is 32.5 Å². The molecule has 78 heavy (non-hydrogen) atoms. The fourth-order valence-electron chi connectivity index (χ4n) is 8.82. The SMILES string of the molecule is CCCCNC[C@@]1(O)/C=C/C(=O)NCC(=O)OC[C@@H]2NC(=O)[C@@H]([C@@H](C)O)NC(=O)[C@H](Cc3ccccc3)N(C)C(=O)[C@@H](NC(=O)[C@@H]([C@@H](C)CC)NC(=O)[C@@H](NC(=O)[C@H](C)[C@H](O)C(C)C)[C@@H](C)OC2=O)C2=CC=C(CC2)O[C@@H]1C. The van der Waals surface area contributed by atoms with Crippen LogP contribution in [0.2, 0.25) is 0 Å². The van der Waals surface area contributed by atoms with E-state index in [4.69, 9.17) is 14.2 Å². The molecule has 0 unspecified atom stereocenters. The number of rotatable bonds is 14. The van der Waals surface area contributed by atoms with Gasteiger partial charge in [0.1, 0.15) is 61.2 Å². The highest BCUT2D eigenvalue weighted by atomic mass is 16.6. The molecule has 10 N–H and O–H groups in total. The molecule has 1 aromatic carbocycles. The number of carbonyl (C=O) groups is 9. The number of ether oxygens (including phenoxy) is 3. The van der Waals surface area contributed by atoms with Crippen LogP contribution < -0.4 is 37.2 Å². The number of allylic oxidation sites excluding steroid dienone is 3. The molecule has 0 spiro atoms. The van der Waals surface area contributed by atoms with E-state index in [1.54, 1.807) is 77.1 Å². The molecule has 0 aromatic heterocycles. The Labute approximate surface area is 456 Å². The van der Waals surface area contributed by atoms with E-state index < -0.39 is 150 Å². The molecule has 3 aliphatic heterocycles. The number of nitrogens with one attached hydrogen (secondary N) is 7. The molecule has 4 bridgehead atoms. The van der Waals surface area contributed by atoms with Crippen molar-refractivity contribution < 1.29 is 72.7 Å². The Balaban J connectivity index is 2.02. The van der Waals surface area contributed by atoms with Crippen LogP contribution in [-0.2, 0) is 63.8 Å². The number of hydrogen-bond acceptors (Lipinski definition) is 16. The lowest BCUT2D eigenvalue weighted by Gasteiger charge is -2.35. The molecule has 4 aliphatic rings. The van der Waals surface area contributed by atoms with Crippen molar-refractivity contribution in [3.63, 3.8) is 0 Å². The van der Waals surface area contributed by atoms with Gasteiger partial charge >= 0.3 is 11.9 Å². The van der Waals surface area contributed by atoms with E-state index in [1.807, 2.05) is 6.92 Å². The summed E-state index contributed by atoms with van der Waals surface area (Å²) < 4.78 is 17.5. The van der Waals surface area contributed by atoms with Gasteiger partial charge in [-0.15, -0.1) is 0 Å². The molecule has 7 amide bonds. The van der Waals surface area contributed by atoms with Crippen molar-refractivity contribution >= 4 is 53.3 Å². The van der Waals surface area contributed by atoms with E-state index in [2.05, 4.69) is 37.2 Å². The number of esters is 2. The monoisotopic (exact) mass is 1090 g/mol. The summed E-state index contributed by atoms with van der Waals surface area (Å²) in [5, 5.41) is 52.4. The minimum atomic E-state index is -1.96. The Morgan fingerprint density at radius 3 is 2.13 bits per heavy atom. The average molecular weight is 1100 g/mol. The van der Waals surface area contributed by atoms with Crippen molar-refractivity contribution in [1.29, 1.82) is 0 Å². The van der Waals surface area contributed by atoms with E-state index in [9.17, 15) is 53.7 Å². The van der Waals surface area contributed by atoms with Gasteiger partial charge in [-0.1, -0.05) is 90.8 Å². The third-order valence-electron chi connectivity index (χ3n) is 14.3. The fourth-order valence-corrected chi connectivity index (χ4v) is 8.82. The minimum Gasteiger partial charge on any atom is -0.492 e. The van der Waals surface area contributed by atoms with Crippen molar-refractivity contribution in [2.75, 3.05) is 33.3 Å². The van der Waals surface area contributed by atoms with E-state index in [1.165, 1.54) is 33.9 Å². The molecular formula is C55H82N8O15. The van der Waals surface area contributed by atoms with Crippen LogP contribution in [0.25, 0.3) is 0 Å². The van der Waals surface area contributed by atoms with Crippen LogP contribution >= 0.6 is 0 Å². The number of amides is 7. The van der Waals surface area contributed by atoms with Gasteiger partial charge in [0.2, 0.25) is 41.4 Å². The van der Waals surface area contributed by atoms with Crippen LogP contribution in [0.3, 0.4) is 0 Å². The maximum atomic E-state index is 15.3. The molecule has 23 heteroatoms. The largest absolute Gasteiger partial charge is 0.492 e. The third-order valence-corrected chi connectivity index (χ3v) is 14.3. The number of unbranched alkanes of at least 4 members (excludes halogenated alkanes) is 1. The quantitative estimate of drug-likeness (QED) is 0.0857. The molecule has 23 nitrogen and oxygen atoms in total. The van der Waals surface area contributed by atoms with Crippen molar-refractivity contribution in [1.82, 2.24) is 42.1 Å². The highest BCUT2D eigenvalue weighted by Crippen LogP contribution is 2.28. The van der Waals surface area contributed by atoms with Gasteiger partial charge in [-0.25, -0.2) is 4.79 Å². The Kier molecular flexibility index (Phi) is 24.5. The number of aliphatic hydroxyl groups is 3. The zero-order valence-corrected chi connectivity index (χ0v) is 46.5. The first-order chi connectivity index (χ1) is 36.8. The molecule has 1 aromatic rings. The summed E-state index contributed by atoms with van der Waals surface area (Å²) in [4.78, 5) is 130. The van der Waals surface area contributed by atoms with Crippen LogP contribution in [0.5, 0.6) is 0 Å². The Hall–Kier alpha value is -6.69. The first kappa shape index (κ1) is 63.8. The van der Waals surface area contributed by atoms with Crippen LogP contribution in [0.1, 0.15) is 100.0 Å². The topological polar surface area (TPSA) is 329 Å². The van der Waals surface area contributed by atoms with Gasteiger partial charge in [-0.2, -0.15) is 0 Å². The maximum absolute atomic E-state index is 15.3. The van der Waals surface area contributed by atoms with E-state index in [-0.39, 0.29) is 25.8 Å². The lowest BCUT2D eigenvalue weighted by Crippen LogP contribution is -2.62. The predicted octanol–water partition coefficient (Wildman–Crippen LogP) is -0.135. The zero-order valence-electron chi connectivity index (χ0n) is 46.5. The summed E-state index contributed by atoms with van der Waals surface area (Å²) in [5.74, 6) is -10.8. The van der Waals surface area contributed by atoms with E-state index in [0.717, 1.165) is 23.8 Å². The van der Waals surface area contributed by atoms with Crippen LogP contribution in [0.15, 0.2) is 66.0 Å². The molecule has 1 fully saturated rings. The highest BCUT2D eigenvalue weighted by Gasteiger charge is 2.43. The second kappa shape index (κ2) is 29.9. The predicted molar refractivity (Wildman–Crippen MR) is 285 cm³/mol. The summed E-state index contributed by atoms with van der Waals surface area (Å²) in [6, 6.07) is -1.41. The summed E-state index contributed by atoms with van der Waals surface area (Å²) in [6.07, 6.45) is 1.85. The summed E-state index contributed by atoms with van der Waals surface area (Å²) in [7, 11) is 1.33. The van der Waals surface area contributed by atoms with Crippen LogP contribution in [0.4, 0.5) is 0 Å². The molecule has 0 saturated carbocycles. The van der Waals surface area contributed by atoms with Crippen molar-refractivity contribution in [2.24, 2.45) is 17.8 Å². The zero-order chi connectivity index (χ0) is 58.0. The van der Waals surface area contributed by atoms with Gasteiger partial charge in [0.15, 0.2) is 6.04 Å². The smallest absolute Gasteiger partial charge is 0.332 e. The van der Waals surface area contributed by atoms with Gasteiger partial charge in [0.05, 0.1) is 23.9 Å². The van der Waals surface area contributed by atoms with Crippen molar-refractivity contribution in [2.45, 2.75) is 167 Å². The molecule has 5 rings (SSSR count). The second-order valence-corrected chi connectivity index (χ2v) is 20.8. The number of benzene rings is 1. The van der Waals surface area contributed by atoms with Gasteiger partial charge < -0.3 is 71.6 Å². The van der Waals surface area contributed by atoms with Gasteiger partial charge in [-0.05, 0) is 75.3 Å². The molecule has 3 heterocycles. The number of likely N-dealkylation sites (N-methyl/N-ethyl adjacent to an activating group) is 1. The number of fused-ring (bicyclic) bond motifs is 11. The van der Waals surface area contributed by atoms with E-state index in [0.29, 0.717) is 29.9 Å². The number of nitrogens with zero attached hydrogens (tertiary/aromatic N) is 1. The summed E-state index contributed by atoms with van der Waals surface area (Å²) in [6.45, 7) is 12.9. The highest BCUT2D eigenvalue weighted by molar-refractivity contribution is 5.99. The van der Waals surface area contributed by atoms with E-state index >= 15 is 4.79 Å². The molecule has 432 valence electrons. The number of carbonyl (C=O) groups excluding carboxylic acids is 9. The summed E-state index contributed by atoms with van der Waals surface area (Å²) in [5.41, 5.74) is -0.895. The Bertz CT molecular complexity index is 2380. The Morgan fingerprint density at radius 2 is 1.51 bits per heavy atom. The molecule has 1 saturated heterocycles. The molecule has 1 aliphatic carbocycles. The normalized spacial score (nSPS) is 28.7. The fraction of sp³-hybridized carbons (Fsp3) is 0.618. The van der Waals surface area contributed by atoms with Crippen molar-refractivity contribution in [3.05, 3.63) is 71.5 Å². The average Bonchev–Trinajstić information content (AvgIpc) is 3.42. The van der Waals surface area contributed by atoms with Crippen LogP contribution in [0, 0.1) is 17.8 Å².